The van der Waals surface area contributed by atoms with Gasteiger partial charge >= 0.3 is 0 Å². The Morgan fingerprint density at radius 1 is 1.04 bits per heavy atom. The lowest BCUT2D eigenvalue weighted by Gasteiger charge is -2.28. The second-order valence-electron chi connectivity index (χ2n) is 5.40. The van der Waals surface area contributed by atoms with Crippen LogP contribution in [0.1, 0.15) is 12.5 Å². The van der Waals surface area contributed by atoms with Crippen LogP contribution in [0.5, 0.6) is 0 Å². The number of rotatable bonds is 7. The number of nitrogens with zero attached hydrogens (tertiary/aromatic N) is 1. The fraction of sp³-hybridized carbons (Fsp3) is 0.263. The van der Waals surface area contributed by atoms with Gasteiger partial charge in [0.25, 0.3) is 0 Å². The minimum Gasteiger partial charge on any atom is -0.357 e. The molecule has 126 valence electrons. The third kappa shape index (κ3) is 5.13. The quantitative estimate of drug-likeness (QED) is 0.787. The fourth-order valence-electron chi connectivity index (χ4n) is 2.32. The fourth-order valence-corrected chi connectivity index (χ4v) is 3.12. The van der Waals surface area contributed by atoms with Crippen LogP contribution in [0.25, 0.3) is 0 Å². The Morgan fingerprint density at radius 2 is 1.62 bits per heavy atom. The second kappa shape index (κ2) is 9.13. The van der Waals surface area contributed by atoms with Crippen molar-refractivity contribution in [2.45, 2.75) is 24.4 Å². The molecule has 0 radical (unpaired) electrons. The highest BCUT2D eigenvalue weighted by molar-refractivity contribution is 8.00. The van der Waals surface area contributed by atoms with Crippen LogP contribution in [-0.2, 0) is 16.1 Å². The molecule has 2 amide bonds. The average Bonchev–Trinajstić information content (AvgIpc) is 2.64. The average molecular weight is 342 g/mol. The normalized spacial score (nSPS) is 11.6. The monoisotopic (exact) mass is 342 g/mol. The number of carbonyl (C=O) groups excluding carboxylic acids is 2. The van der Waals surface area contributed by atoms with Gasteiger partial charge in [-0.05, 0) is 24.6 Å². The largest absolute Gasteiger partial charge is 0.357 e. The maximum absolute atomic E-state index is 12.7. The molecule has 2 aromatic carbocycles. The number of hydrogen-bond acceptors (Lipinski definition) is 3. The van der Waals surface area contributed by atoms with Gasteiger partial charge in [-0.3, -0.25) is 9.59 Å². The molecule has 0 aliphatic heterocycles. The number of likely N-dealkylation sites (N-methyl/N-ethyl adjacent to an activating group) is 1. The number of carbonyl (C=O) groups is 2. The molecule has 0 fully saturated rings. The molecule has 24 heavy (non-hydrogen) atoms. The summed E-state index contributed by atoms with van der Waals surface area (Å²) >= 11 is 1.48. The highest BCUT2D eigenvalue weighted by atomic mass is 32.2. The van der Waals surface area contributed by atoms with Crippen molar-refractivity contribution in [3.63, 3.8) is 0 Å². The van der Waals surface area contributed by atoms with Crippen molar-refractivity contribution < 1.29 is 9.59 Å². The van der Waals surface area contributed by atoms with Gasteiger partial charge in [0, 0.05) is 18.5 Å². The van der Waals surface area contributed by atoms with Gasteiger partial charge in [0.2, 0.25) is 11.8 Å². The van der Waals surface area contributed by atoms with Crippen molar-refractivity contribution in [3.8, 4) is 0 Å². The van der Waals surface area contributed by atoms with E-state index < -0.39 is 6.04 Å². The van der Waals surface area contributed by atoms with E-state index in [0.29, 0.717) is 12.3 Å². The molecule has 0 aromatic heterocycles. The topological polar surface area (TPSA) is 49.4 Å². The molecule has 0 spiro atoms. The number of amides is 2. The number of hydrogen-bond donors (Lipinski definition) is 1. The molecule has 2 aromatic rings. The highest BCUT2D eigenvalue weighted by Gasteiger charge is 2.25. The Labute approximate surface area is 147 Å². The van der Waals surface area contributed by atoms with E-state index in [4.69, 9.17) is 0 Å². The molecule has 1 atom stereocenters. The summed E-state index contributed by atoms with van der Waals surface area (Å²) < 4.78 is 0. The van der Waals surface area contributed by atoms with E-state index >= 15 is 0 Å². The highest BCUT2D eigenvalue weighted by Crippen LogP contribution is 2.19. The molecule has 1 N–H and O–H groups in total. The summed E-state index contributed by atoms with van der Waals surface area (Å²) in [4.78, 5) is 27.4. The van der Waals surface area contributed by atoms with E-state index in [0.717, 1.165) is 10.5 Å². The van der Waals surface area contributed by atoms with Crippen molar-refractivity contribution in [2.75, 3.05) is 12.8 Å². The molecule has 0 saturated heterocycles. The van der Waals surface area contributed by atoms with Crippen LogP contribution in [0.2, 0.25) is 0 Å². The van der Waals surface area contributed by atoms with Crippen LogP contribution < -0.4 is 5.32 Å². The summed E-state index contributed by atoms with van der Waals surface area (Å²) in [6.07, 6.45) is 0. The lowest BCUT2D eigenvalue weighted by molar-refractivity contribution is -0.138. The van der Waals surface area contributed by atoms with Gasteiger partial charge in [-0.1, -0.05) is 48.5 Å². The first kappa shape index (κ1) is 18.1. The van der Waals surface area contributed by atoms with Gasteiger partial charge in [0.05, 0.1) is 5.75 Å². The molecule has 0 aliphatic rings. The van der Waals surface area contributed by atoms with Gasteiger partial charge in [-0.2, -0.15) is 0 Å². The van der Waals surface area contributed by atoms with Crippen molar-refractivity contribution in [2.24, 2.45) is 0 Å². The summed E-state index contributed by atoms with van der Waals surface area (Å²) in [5.74, 6) is 0.0887. The molecule has 0 bridgehead atoms. The summed E-state index contributed by atoms with van der Waals surface area (Å²) in [6.45, 7) is 2.18. The molecule has 2 rings (SSSR count). The molecule has 5 heteroatoms. The first-order chi connectivity index (χ1) is 11.6. The van der Waals surface area contributed by atoms with Gasteiger partial charge in [-0.25, -0.2) is 0 Å². The third-order valence-electron chi connectivity index (χ3n) is 3.71. The molecule has 0 unspecified atom stereocenters. The molecule has 0 aliphatic carbocycles. The number of thioether (sulfide) groups is 1. The smallest absolute Gasteiger partial charge is 0.242 e. The Morgan fingerprint density at radius 3 is 2.21 bits per heavy atom. The third-order valence-corrected chi connectivity index (χ3v) is 4.71. The maximum atomic E-state index is 12.7. The van der Waals surface area contributed by atoms with E-state index in [9.17, 15) is 9.59 Å². The van der Waals surface area contributed by atoms with Gasteiger partial charge < -0.3 is 10.2 Å². The van der Waals surface area contributed by atoms with E-state index in [1.165, 1.54) is 11.8 Å². The summed E-state index contributed by atoms with van der Waals surface area (Å²) in [6, 6.07) is 19.0. The maximum Gasteiger partial charge on any atom is 0.242 e. The molecular formula is C19H22N2O2S. The van der Waals surface area contributed by atoms with E-state index in [1.54, 1.807) is 18.9 Å². The molecule has 0 heterocycles. The SMILES string of the molecule is CNC(=O)[C@H](C)N(Cc1ccccc1)C(=O)CSc1ccccc1. The van der Waals surface area contributed by atoms with Crippen LogP contribution in [0.15, 0.2) is 65.6 Å². The van der Waals surface area contributed by atoms with E-state index in [1.807, 2.05) is 60.7 Å². The first-order valence-corrected chi connectivity index (χ1v) is 8.83. The zero-order valence-corrected chi connectivity index (χ0v) is 14.8. The van der Waals surface area contributed by atoms with E-state index in [2.05, 4.69) is 5.32 Å². The predicted molar refractivity (Wildman–Crippen MR) is 97.7 cm³/mol. The van der Waals surface area contributed by atoms with Crippen LogP contribution >= 0.6 is 11.8 Å². The predicted octanol–water partition coefficient (Wildman–Crippen LogP) is 2.94. The minimum atomic E-state index is -0.515. The number of nitrogens with one attached hydrogen (secondary N) is 1. The Hall–Kier alpha value is -2.27. The van der Waals surface area contributed by atoms with Crippen LogP contribution in [-0.4, -0.2) is 35.6 Å². The summed E-state index contributed by atoms with van der Waals surface area (Å²) in [7, 11) is 1.59. The zero-order valence-electron chi connectivity index (χ0n) is 13.9. The Bertz CT molecular complexity index is 662. The zero-order chi connectivity index (χ0) is 17.4. The lowest BCUT2D eigenvalue weighted by Crippen LogP contribution is -2.47. The van der Waals surface area contributed by atoms with E-state index in [-0.39, 0.29) is 11.8 Å². The Kier molecular flexibility index (Phi) is 6.88. The second-order valence-corrected chi connectivity index (χ2v) is 6.45. The molecular weight excluding hydrogens is 320 g/mol. The Balaban J connectivity index is 2.08. The minimum absolute atomic E-state index is 0.0520. The summed E-state index contributed by atoms with van der Waals surface area (Å²) in [5.41, 5.74) is 1.01. The molecule has 4 nitrogen and oxygen atoms in total. The van der Waals surface area contributed by atoms with Crippen LogP contribution in [0.4, 0.5) is 0 Å². The first-order valence-electron chi connectivity index (χ1n) is 7.84. The van der Waals surface area contributed by atoms with Gasteiger partial charge in [0.15, 0.2) is 0 Å². The summed E-state index contributed by atoms with van der Waals surface area (Å²) in [5, 5.41) is 2.62. The lowest BCUT2D eigenvalue weighted by atomic mass is 10.1. The molecule has 0 saturated carbocycles. The van der Waals surface area contributed by atoms with Gasteiger partial charge in [0.1, 0.15) is 6.04 Å². The van der Waals surface area contributed by atoms with Crippen molar-refractivity contribution in [1.82, 2.24) is 10.2 Å². The van der Waals surface area contributed by atoms with Crippen molar-refractivity contribution >= 4 is 23.6 Å². The van der Waals surface area contributed by atoms with Crippen molar-refractivity contribution in [1.29, 1.82) is 0 Å². The van der Waals surface area contributed by atoms with Gasteiger partial charge in [-0.15, -0.1) is 11.8 Å². The standard InChI is InChI=1S/C19H22N2O2S/c1-15(19(23)20-2)21(13-16-9-5-3-6-10-16)18(22)14-24-17-11-7-4-8-12-17/h3-12,15H,13-14H2,1-2H3,(H,20,23)/t15-/m0/s1. The van der Waals surface area contributed by atoms with Crippen molar-refractivity contribution in [3.05, 3.63) is 66.2 Å². The number of benzene rings is 2. The van der Waals surface area contributed by atoms with Crippen LogP contribution in [0.3, 0.4) is 0 Å². The van der Waals surface area contributed by atoms with Crippen LogP contribution in [0, 0.1) is 0 Å².